The highest BCUT2D eigenvalue weighted by molar-refractivity contribution is 7.13. The number of carbonyl (C=O) groups excluding carboxylic acids is 2. The van der Waals surface area contributed by atoms with Gasteiger partial charge >= 0.3 is 0 Å². The van der Waals surface area contributed by atoms with E-state index in [1.54, 1.807) is 30.3 Å². The van der Waals surface area contributed by atoms with Crippen LogP contribution in [-0.4, -0.2) is 39.7 Å². The summed E-state index contributed by atoms with van der Waals surface area (Å²) in [4.78, 5) is 32.4. The summed E-state index contributed by atoms with van der Waals surface area (Å²) in [6.07, 6.45) is 2.10. The van der Waals surface area contributed by atoms with Crippen LogP contribution in [0.25, 0.3) is 16.4 Å². The van der Waals surface area contributed by atoms with Gasteiger partial charge < -0.3 is 16.0 Å². The molecule has 1 saturated heterocycles. The van der Waals surface area contributed by atoms with Crippen molar-refractivity contribution in [3.63, 3.8) is 0 Å². The maximum atomic E-state index is 13.9. The van der Waals surface area contributed by atoms with E-state index in [0.29, 0.717) is 17.2 Å². The first-order valence-corrected chi connectivity index (χ1v) is 11.6. The topological polar surface area (TPSA) is 106 Å². The predicted molar refractivity (Wildman–Crippen MR) is 129 cm³/mol. The molecule has 0 unspecified atom stereocenters. The second-order valence-electron chi connectivity index (χ2n) is 7.87. The van der Waals surface area contributed by atoms with E-state index in [0.717, 1.165) is 36.5 Å². The maximum Gasteiger partial charge on any atom is 0.295 e. The Morgan fingerprint density at radius 1 is 1.06 bits per heavy atom. The minimum absolute atomic E-state index is 0.0792. The van der Waals surface area contributed by atoms with Gasteiger partial charge in [-0.25, -0.2) is 14.1 Å². The van der Waals surface area contributed by atoms with Crippen LogP contribution in [0.15, 0.2) is 60.0 Å². The largest absolute Gasteiger partial charge is 0.370 e. The molecule has 3 N–H and O–H groups in total. The number of nitrogens with two attached hydrogens (primary N) is 1. The number of carbonyl (C=O) groups is 2. The highest BCUT2D eigenvalue weighted by atomic mass is 32.1. The van der Waals surface area contributed by atoms with Gasteiger partial charge in [-0.1, -0.05) is 12.1 Å². The smallest absolute Gasteiger partial charge is 0.295 e. The van der Waals surface area contributed by atoms with Gasteiger partial charge in [0, 0.05) is 18.7 Å². The number of primary amides is 1. The van der Waals surface area contributed by atoms with E-state index < -0.39 is 17.6 Å². The molecule has 0 radical (unpaired) electrons. The van der Waals surface area contributed by atoms with Crippen molar-refractivity contribution in [2.75, 3.05) is 23.3 Å². The van der Waals surface area contributed by atoms with Gasteiger partial charge in [-0.2, -0.15) is 0 Å². The van der Waals surface area contributed by atoms with Gasteiger partial charge in [0.15, 0.2) is 5.82 Å². The van der Waals surface area contributed by atoms with Crippen molar-refractivity contribution >= 4 is 34.5 Å². The van der Waals surface area contributed by atoms with Crippen LogP contribution in [-0.2, 0) is 0 Å². The summed E-state index contributed by atoms with van der Waals surface area (Å²) in [5.41, 5.74) is 7.46. The fraction of sp³-hybridized carbons (Fsp3) is 0.167. The average molecular weight is 477 g/mol. The van der Waals surface area contributed by atoms with E-state index in [4.69, 9.17) is 5.73 Å². The van der Waals surface area contributed by atoms with Gasteiger partial charge in [0.1, 0.15) is 5.82 Å². The Kier molecular flexibility index (Phi) is 5.81. The Bertz CT molecular complexity index is 1360. The number of rotatable bonds is 6. The quantitative estimate of drug-likeness (QED) is 0.436. The first kappa shape index (κ1) is 21.8. The van der Waals surface area contributed by atoms with Gasteiger partial charge in [0.2, 0.25) is 11.7 Å². The molecule has 3 heterocycles. The number of nitrogens with one attached hydrogen (secondary N) is 1. The molecule has 2 aromatic heterocycles. The number of aromatic nitrogens is 3. The second kappa shape index (κ2) is 9.06. The molecule has 1 aliphatic rings. The summed E-state index contributed by atoms with van der Waals surface area (Å²) in [6.45, 7) is 1.71. The molecule has 8 nitrogen and oxygen atoms in total. The first-order chi connectivity index (χ1) is 16.5. The molecule has 10 heteroatoms. The molecular weight excluding hydrogens is 455 g/mol. The van der Waals surface area contributed by atoms with Crippen LogP contribution in [0.3, 0.4) is 0 Å². The monoisotopic (exact) mass is 476 g/mol. The van der Waals surface area contributed by atoms with E-state index in [1.807, 2.05) is 17.5 Å². The lowest BCUT2D eigenvalue weighted by Crippen LogP contribution is -2.22. The second-order valence-corrected chi connectivity index (χ2v) is 8.82. The lowest BCUT2D eigenvalue weighted by molar-refractivity contribution is 0.0994. The zero-order chi connectivity index (χ0) is 23.7. The van der Waals surface area contributed by atoms with Gasteiger partial charge in [0.25, 0.3) is 5.91 Å². The van der Waals surface area contributed by atoms with Crippen molar-refractivity contribution in [2.24, 2.45) is 5.73 Å². The third kappa shape index (κ3) is 4.27. The van der Waals surface area contributed by atoms with Crippen molar-refractivity contribution in [3.8, 4) is 16.4 Å². The molecule has 5 rings (SSSR count). The molecule has 2 aromatic carbocycles. The van der Waals surface area contributed by atoms with Crippen molar-refractivity contribution in [1.29, 1.82) is 0 Å². The van der Waals surface area contributed by atoms with Crippen LogP contribution < -0.4 is 16.0 Å². The Balaban J connectivity index is 1.53. The Hall–Kier alpha value is -4.05. The van der Waals surface area contributed by atoms with Crippen LogP contribution in [0.5, 0.6) is 0 Å². The van der Waals surface area contributed by atoms with Crippen LogP contribution in [0.4, 0.5) is 15.8 Å². The molecule has 0 aliphatic carbocycles. The van der Waals surface area contributed by atoms with E-state index in [1.165, 1.54) is 28.2 Å². The molecular formula is C24H21FN6O2S. The van der Waals surface area contributed by atoms with Gasteiger partial charge in [-0.05, 0) is 60.7 Å². The zero-order valence-electron chi connectivity index (χ0n) is 18.1. The number of nitrogens with zero attached hydrogens (tertiary/aromatic N) is 4. The van der Waals surface area contributed by atoms with Gasteiger partial charge in [-0.3, -0.25) is 9.59 Å². The number of amides is 2. The summed E-state index contributed by atoms with van der Waals surface area (Å²) < 4.78 is 15.3. The highest BCUT2D eigenvalue weighted by Gasteiger charge is 2.23. The number of hydrogen-bond acceptors (Lipinski definition) is 6. The molecule has 4 aromatic rings. The maximum absolute atomic E-state index is 13.9. The van der Waals surface area contributed by atoms with Crippen LogP contribution in [0, 0.1) is 5.82 Å². The lowest BCUT2D eigenvalue weighted by Gasteiger charge is -2.21. The summed E-state index contributed by atoms with van der Waals surface area (Å²) in [5, 5.41) is 9.12. The Morgan fingerprint density at radius 2 is 1.88 bits per heavy atom. The van der Waals surface area contributed by atoms with Crippen LogP contribution in [0.1, 0.15) is 33.8 Å². The Morgan fingerprint density at radius 3 is 2.59 bits per heavy atom. The minimum atomic E-state index is -0.586. The molecule has 1 fully saturated rings. The van der Waals surface area contributed by atoms with Crippen LogP contribution >= 0.6 is 11.3 Å². The molecule has 0 saturated carbocycles. The molecule has 2 amide bonds. The van der Waals surface area contributed by atoms with Crippen molar-refractivity contribution in [2.45, 2.75) is 12.8 Å². The summed E-state index contributed by atoms with van der Waals surface area (Å²) in [6, 6.07) is 14.7. The molecule has 34 heavy (non-hydrogen) atoms. The molecule has 0 atom stereocenters. The minimum Gasteiger partial charge on any atom is -0.370 e. The van der Waals surface area contributed by atoms with Gasteiger partial charge in [-0.15, -0.1) is 16.4 Å². The number of hydrogen-bond donors (Lipinski definition) is 2. The zero-order valence-corrected chi connectivity index (χ0v) is 18.9. The highest BCUT2D eigenvalue weighted by Crippen LogP contribution is 2.31. The normalized spacial score (nSPS) is 13.3. The molecule has 1 aliphatic heterocycles. The van der Waals surface area contributed by atoms with E-state index in [9.17, 15) is 14.0 Å². The molecule has 0 spiro atoms. The number of anilines is 2. The SMILES string of the molecule is NC(=O)c1ccc(N2CCCC2)c(NC(=O)c2nc(-c3cccs3)n(-c3cccc(F)c3)n2)c1. The third-order valence-electron chi connectivity index (χ3n) is 5.58. The summed E-state index contributed by atoms with van der Waals surface area (Å²) in [5.74, 6) is -1.21. The molecule has 172 valence electrons. The van der Waals surface area contributed by atoms with Crippen molar-refractivity contribution < 1.29 is 14.0 Å². The lowest BCUT2D eigenvalue weighted by atomic mass is 10.1. The average Bonchev–Trinajstić information content (AvgIpc) is 3.60. The number of thiophene rings is 1. The van der Waals surface area contributed by atoms with Crippen LogP contribution in [0.2, 0.25) is 0 Å². The van der Waals surface area contributed by atoms with Crippen molar-refractivity contribution in [3.05, 3.63) is 77.2 Å². The predicted octanol–water partition coefficient (Wildman–Crippen LogP) is 4.09. The van der Waals surface area contributed by atoms with Gasteiger partial charge in [0.05, 0.1) is 21.9 Å². The summed E-state index contributed by atoms with van der Waals surface area (Å²) in [7, 11) is 0. The van der Waals surface area contributed by atoms with E-state index >= 15 is 0 Å². The van der Waals surface area contributed by atoms with E-state index in [-0.39, 0.29) is 11.4 Å². The molecule has 0 bridgehead atoms. The fourth-order valence-electron chi connectivity index (χ4n) is 3.96. The standard InChI is InChI=1S/C24H21FN6O2S/c25-16-5-3-6-17(14-16)31-23(20-7-4-12-34-20)28-22(29-31)24(33)27-18-13-15(21(26)32)8-9-19(18)30-10-1-2-11-30/h3-9,12-14H,1-2,10-11H2,(H2,26,32)(H,27,33). The third-order valence-corrected chi connectivity index (χ3v) is 6.45. The number of benzene rings is 2. The van der Waals surface area contributed by atoms with Crippen molar-refractivity contribution in [1.82, 2.24) is 14.8 Å². The Labute approximate surface area is 198 Å². The number of halogens is 1. The summed E-state index contributed by atoms with van der Waals surface area (Å²) >= 11 is 1.44. The first-order valence-electron chi connectivity index (χ1n) is 10.8. The van der Waals surface area contributed by atoms with E-state index in [2.05, 4.69) is 20.3 Å². The fourth-order valence-corrected chi connectivity index (χ4v) is 4.66.